The van der Waals surface area contributed by atoms with Gasteiger partial charge in [-0.25, -0.2) is 4.99 Å². The topological polar surface area (TPSA) is 37.1 Å². The van der Waals surface area contributed by atoms with Crippen molar-refractivity contribution >= 4 is 5.71 Å². The number of azo groups is 1. The van der Waals surface area contributed by atoms with Crippen molar-refractivity contribution in [3.63, 3.8) is 0 Å². The summed E-state index contributed by atoms with van der Waals surface area (Å²) < 4.78 is 0. The first-order valence-corrected chi connectivity index (χ1v) is 5.14. The van der Waals surface area contributed by atoms with Crippen LogP contribution in [-0.2, 0) is 0 Å². The lowest BCUT2D eigenvalue weighted by molar-refractivity contribution is 0.869. The SMILES string of the molecule is C=C(C)/N=N\C(/N=C(\C)C(C)C)=C(C)C. The van der Waals surface area contributed by atoms with Crippen LogP contribution in [0.15, 0.2) is 38.9 Å². The van der Waals surface area contributed by atoms with Gasteiger partial charge >= 0.3 is 0 Å². The molecule has 0 aromatic carbocycles. The van der Waals surface area contributed by atoms with Gasteiger partial charge in [-0.2, -0.15) is 5.11 Å². The molecule has 15 heavy (non-hydrogen) atoms. The fourth-order valence-corrected chi connectivity index (χ4v) is 0.663. The van der Waals surface area contributed by atoms with Crippen LogP contribution in [0.2, 0.25) is 0 Å². The highest BCUT2D eigenvalue weighted by Crippen LogP contribution is 2.11. The van der Waals surface area contributed by atoms with E-state index in [4.69, 9.17) is 0 Å². The molecule has 0 atom stereocenters. The molecule has 0 aromatic rings. The fraction of sp³-hybridized carbons (Fsp3) is 0.583. The quantitative estimate of drug-likeness (QED) is 0.486. The summed E-state index contributed by atoms with van der Waals surface area (Å²) in [6.45, 7) is 15.7. The normalized spacial score (nSPS) is 12.3. The Balaban J connectivity index is 4.97. The largest absolute Gasteiger partial charge is 0.237 e. The molecule has 0 unspecified atom stereocenters. The van der Waals surface area contributed by atoms with E-state index >= 15 is 0 Å². The van der Waals surface area contributed by atoms with Crippen LogP contribution in [0.4, 0.5) is 0 Å². The van der Waals surface area contributed by atoms with Crippen LogP contribution in [0.25, 0.3) is 0 Å². The van der Waals surface area contributed by atoms with E-state index in [1.54, 1.807) is 0 Å². The first-order valence-electron chi connectivity index (χ1n) is 5.14. The van der Waals surface area contributed by atoms with Crippen molar-refractivity contribution in [2.75, 3.05) is 0 Å². The number of allylic oxidation sites excluding steroid dienone is 2. The predicted octanol–water partition coefficient (Wildman–Crippen LogP) is 4.34. The van der Waals surface area contributed by atoms with Crippen LogP contribution >= 0.6 is 0 Å². The Morgan fingerprint density at radius 2 is 1.53 bits per heavy atom. The average molecular weight is 207 g/mol. The summed E-state index contributed by atoms with van der Waals surface area (Å²) in [4.78, 5) is 4.44. The fourth-order valence-electron chi connectivity index (χ4n) is 0.663. The molecule has 0 aromatic heterocycles. The molecule has 0 fully saturated rings. The molecule has 0 aliphatic rings. The van der Waals surface area contributed by atoms with Gasteiger partial charge in [0, 0.05) is 5.71 Å². The van der Waals surface area contributed by atoms with Gasteiger partial charge in [-0.1, -0.05) is 20.4 Å². The maximum absolute atomic E-state index is 4.44. The summed E-state index contributed by atoms with van der Waals surface area (Å²) >= 11 is 0. The summed E-state index contributed by atoms with van der Waals surface area (Å²) in [6, 6.07) is 0. The van der Waals surface area contributed by atoms with Crippen molar-refractivity contribution < 1.29 is 0 Å². The van der Waals surface area contributed by atoms with Gasteiger partial charge in [0.15, 0.2) is 5.82 Å². The summed E-state index contributed by atoms with van der Waals surface area (Å²) in [6.07, 6.45) is 0. The summed E-state index contributed by atoms with van der Waals surface area (Å²) in [5.74, 6) is 1.11. The number of hydrogen-bond acceptors (Lipinski definition) is 3. The van der Waals surface area contributed by atoms with Crippen molar-refractivity contribution in [2.24, 2.45) is 21.1 Å². The van der Waals surface area contributed by atoms with Gasteiger partial charge in [0.1, 0.15) is 0 Å². The van der Waals surface area contributed by atoms with Crippen LogP contribution in [-0.4, -0.2) is 5.71 Å². The third-order valence-corrected chi connectivity index (χ3v) is 1.88. The van der Waals surface area contributed by atoms with Gasteiger partial charge in [-0.3, -0.25) is 0 Å². The first kappa shape index (κ1) is 13.8. The number of nitrogens with zero attached hydrogens (tertiary/aromatic N) is 3. The Kier molecular flexibility index (Phi) is 5.75. The third-order valence-electron chi connectivity index (χ3n) is 1.88. The lowest BCUT2D eigenvalue weighted by Gasteiger charge is -2.04. The molecule has 84 valence electrons. The molecule has 3 nitrogen and oxygen atoms in total. The summed E-state index contributed by atoms with van der Waals surface area (Å²) in [5.41, 5.74) is 2.80. The lowest BCUT2D eigenvalue weighted by atomic mass is 10.1. The van der Waals surface area contributed by atoms with E-state index in [1.165, 1.54) is 0 Å². The zero-order valence-corrected chi connectivity index (χ0v) is 10.6. The Bertz CT molecular complexity index is 316. The average Bonchev–Trinajstić information content (AvgIpc) is 2.10. The highest BCUT2D eigenvalue weighted by molar-refractivity contribution is 5.84. The van der Waals surface area contributed by atoms with E-state index < -0.39 is 0 Å². The molecule has 3 heteroatoms. The highest BCUT2D eigenvalue weighted by atomic mass is 15.2. The van der Waals surface area contributed by atoms with E-state index in [2.05, 4.69) is 35.6 Å². The van der Waals surface area contributed by atoms with E-state index in [9.17, 15) is 0 Å². The third kappa shape index (κ3) is 5.94. The van der Waals surface area contributed by atoms with Crippen molar-refractivity contribution in [2.45, 2.75) is 41.5 Å². The molecular formula is C12H21N3. The van der Waals surface area contributed by atoms with Gasteiger partial charge in [0.25, 0.3) is 0 Å². The van der Waals surface area contributed by atoms with Gasteiger partial charge in [-0.15, -0.1) is 5.11 Å². The molecule has 0 bridgehead atoms. The minimum Gasteiger partial charge on any atom is -0.237 e. The minimum absolute atomic E-state index is 0.430. The monoisotopic (exact) mass is 207 g/mol. The molecule has 0 N–H and O–H groups in total. The zero-order valence-electron chi connectivity index (χ0n) is 10.6. The van der Waals surface area contributed by atoms with E-state index in [1.807, 2.05) is 27.7 Å². The number of rotatable bonds is 4. The van der Waals surface area contributed by atoms with Crippen LogP contribution in [0, 0.1) is 5.92 Å². The smallest absolute Gasteiger partial charge is 0.172 e. The van der Waals surface area contributed by atoms with Gasteiger partial charge in [0.2, 0.25) is 0 Å². The van der Waals surface area contributed by atoms with E-state index in [0.717, 1.165) is 11.3 Å². The molecule has 0 heterocycles. The predicted molar refractivity (Wildman–Crippen MR) is 66.0 cm³/mol. The molecule has 0 radical (unpaired) electrons. The molecular weight excluding hydrogens is 186 g/mol. The first-order chi connectivity index (χ1) is 6.84. The van der Waals surface area contributed by atoms with Gasteiger partial charge in [-0.05, 0) is 39.2 Å². The molecule has 0 amide bonds. The van der Waals surface area contributed by atoms with Crippen LogP contribution in [0.1, 0.15) is 41.5 Å². The Morgan fingerprint density at radius 1 is 1.00 bits per heavy atom. The van der Waals surface area contributed by atoms with Crippen molar-refractivity contribution in [1.29, 1.82) is 0 Å². The molecule has 0 aliphatic carbocycles. The lowest BCUT2D eigenvalue weighted by Crippen LogP contribution is -2.02. The second-order valence-electron chi connectivity index (χ2n) is 4.17. The van der Waals surface area contributed by atoms with E-state index in [-0.39, 0.29) is 0 Å². The van der Waals surface area contributed by atoms with Crippen molar-refractivity contribution in [3.05, 3.63) is 23.7 Å². The summed E-state index contributed by atoms with van der Waals surface area (Å²) in [5, 5.41) is 7.99. The number of aliphatic imine (C=N–C) groups is 1. The molecule has 0 saturated carbocycles. The molecule has 0 aliphatic heterocycles. The highest BCUT2D eigenvalue weighted by Gasteiger charge is 2.01. The second kappa shape index (κ2) is 6.27. The van der Waals surface area contributed by atoms with Crippen LogP contribution in [0.3, 0.4) is 0 Å². The van der Waals surface area contributed by atoms with Crippen molar-refractivity contribution in [3.8, 4) is 0 Å². The second-order valence-corrected chi connectivity index (χ2v) is 4.17. The molecule has 0 saturated heterocycles. The number of hydrogen-bond donors (Lipinski definition) is 0. The molecule has 0 spiro atoms. The van der Waals surface area contributed by atoms with Crippen molar-refractivity contribution in [1.82, 2.24) is 0 Å². The summed E-state index contributed by atoms with van der Waals surface area (Å²) in [7, 11) is 0. The molecule has 0 rings (SSSR count). The maximum Gasteiger partial charge on any atom is 0.172 e. The maximum atomic E-state index is 4.44. The van der Waals surface area contributed by atoms with E-state index in [0.29, 0.717) is 17.4 Å². The standard InChI is InChI=1S/C12H21N3/c1-8(2)11(7)13-12(9(3)4)15-14-10(5)6/h8H,5H2,1-4,6-7H3/b13-11+,15-14-. The Morgan fingerprint density at radius 3 is 1.87 bits per heavy atom. The Hall–Kier alpha value is -1.25. The van der Waals surface area contributed by atoms with Gasteiger partial charge in [0.05, 0.1) is 5.70 Å². The van der Waals surface area contributed by atoms with Gasteiger partial charge < -0.3 is 0 Å². The van der Waals surface area contributed by atoms with Crippen LogP contribution in [0.5, 0.6) is 0 Å². The van der Waals surface area contributed by atoms with Crippen LogP contribution < -0.4 is 0 Å². The Labute approximate surface area is 92.7 Å². The zero-order chi connectivity index (χ0) is 12.0. The minimum atomic E-state index is 0.430.